The highest BCUT2D eigenvalue weighted by Crippen LogP contribution is 2.37. The molecule has 80 valence electrons. The lowest BCUT2D eigenvalue weighted by molar-refractivity contribution is 0.933. The molecule has 0 amide bonds. The van der Waals surface area contributed by atoms with E-state index in [9.17, 15) is 0 Å². The first-order valence-corrected chi connectivity index (χ1v) is 5.21. The van der Waals surface area contributed by atoms with E-state index in [1.807, 2.05) is 13.0 Å². The number of rotatable bonds is 0. The third kappa shape index (κ3) is 1.73. The van der Waals surface area contributed by atoms with Gasteiger partial charge in [-0.05, 0) is 18.6 Å². The third-order valence-electron chi connectivity index (χ3n) is 2.09. The number of aryl methyl sites for hydroxylation is 1. The SMILES string of the molecule is Cc1ccn2c(C(Cl)(Cl)Cl)nnc2c1N. The summed E-state index contributed by atoms with van der Waals surface area (Å²) >= 11 is 17.2. The summed E-state index contributed by atoms with van der Waals surface area (Å²) in [4.78, 5) is 0. The van der Waals surface area contributed by atoms with Crippen LogP contribution >= 0.6 is 34.8 Å². The van der Waals surface area contributed by atoms with E-state index in [0.717, 1.165) is 5.56 Å². The molecular formula is C8H7Cl3N4. The van der Waals surface area contributed by atoms with Gasteiger partial charge in [-0.25, -0.2) is 0 Å². The Balaban J connectivity index is 2.78. The van der Waals surface area contributed by atoms with Gasteiger partial charge in [0.25, 0.3) is 3.79 Å². The van der Waals surface area contributed by atoms with Gasteiger partial charge in [-0.1, -0.05) is 34.8 Å². The summed E-state index contributed by atoms with van der Waals surface area (Å²) in [5, 5.41) is 7.69. The molecular weight excluding hydrogens is 258 g/mol. The molecule has 0 aliphatic rings. The average Bonchev–Trinajstić information content (AvgIpc) is 2.54. The van der Waals surface area contributed by atoms with Crippen LogP contribution in [0.2, 0.25) is 0 Å². The summed E-state index contributed by atoms with van der Waals surface area (Å²) < 4.78 is -0.0452. The fraction of sp³-hybridized carbons (Fsp3) is 0.250. The van der Waals surface area contributed by atoms with Crippen LogP contribution in [0.5, 0.6) is 0 Å². The Morgan fingerprint density at radius 2 is 2.00 bits per heavy atom. The first kappa shape index (κ1) is 10.8. The highest BCUT2D eigenvalue weighted by Gasteiger charge is 2.29. The second-order valence-electron chi connectivity index (χ2n) is 3.13. The van der Waals surface area contributed by atoms with Crippen LogP contribution in [0.25, 0.3) is 5.65 Å². The predicted molar refractivity (Wildman–Crippen MR) is 61.4 cm³/mol. The van der Waals surface area contributed by atoms with Crippen molar-refractivity contribution < 1.29 is 0 Å². The Labute approximate surface area is 101 Å². The van der Waals surface area contributed by atoms with E-state index in [-0.39, 0.29) is 5.82 Å². The number of anilines is 1. The zero-order valence-electron chi connectivity index (χ0n) is 7.71. The van der Waals surface area contributed by atoms with Crippen molar-refractivity contribution in [2.75, 3.05) is 5.73 Å². The van der Waals surface area contributed by atoms with E-state index >= 15 is 0 Å². The van der Waals surface area contributed by atoms with Crippen LogP contribution in [0.4, 0.5) is 5.69 Å². The summed E-state index contributed by atoms with van der Waals surface area (Å²) in [6.07, 6.45) is 1.72. The van der Waals surface area contributed by atoms with E-state index in [4.69, 9.17) is 40.5 Å². The predicted octanol–water partition coefficient (Wildman–Crippen LogP) is 2.45. The number of hydrogen-bond acceptors (Lipinski definition) is 3. The average molecular weight is 266 g/mol. The Hall–Kier alpha value is -0.710. The van der Waals surface area contributed by atoms with Gasteiger partial charge < -0.3 is 5.73 Å². The number of nitrogens with zero attached hydrogens (tertiary/aromatic N) is 3. The molecule has 0 aliphatic carbocycles. The van der Waals surface area contributed by atoms with Crippen LogP contribution in [0.3, 0.4) is 0 Å². The summed E-state index contributed by atoms with van der Waals surface area (Å²) in [6, 6.07) is 1.81. The van der Waals surface area contributed by atoms with Crippen molar-refractivity contribution in [3.8, 4) is 0 Å². The van der Waals surface area contributed by atoms with E-state index < -0.39 is 3.79 Å². The molecule has 2 rings (SSSR count). The zero-order valence-corrected chi connectivity index (χ0v) is 9.98. The van der Waals surface area contributed by atoms with Crippen molar-refractivity contribution in [2.45, 2.75) is 10.7 Å². The van der Waals surface area contributed by atoms with E-state index in [1.165, 1.54) is 0 Å². The van der Waals surface area contributed by atoms with Crippen LogP contribution in [0.15, 0.2) is 12.3 Å². The summed E-state index contributed by atoms with van der Waals surface area (Å²) in [7, 11) is 0. The van der Waals surface area contributed by atoms with Crippen LogP contribution in [0.1, 0.15) is 11.4 Å². The summed E-state index contributed by atoms with van der Waals surface area (Å²) in [6.45, 7) is 1.87. The number of halogens is 3. The molecule has 0 radical (unpaired) electrons. The van der Waals surface area contributed by atoms with Crippen molar-refractivity contribution in [3.63, 3.8) is 0 Å². The molecule has 0 unspecified atom stereocenters. The molecule has 0 saturated carbocycles. The maximum Gasteiger partial charge on any atom is 0.250 e. The van der Waals surface area contributed by atoms with Crippen LogP contribution in [-0.4, -0.2) is 14.6 Å². The van der Waals surface area contributed by atoms with E-state index in [0.29, 0.717) is 11.3 Å². The van der Waals surface area contributed by atoms with Gasteiger partial charge in [0.15, 0.2) is 11.5 Å². The Morgan fingerprint density at radius 3 is 2.60 bits per heavy atom. The maximum absolute atomic E-state index is 5.82. The smallest absolute Gasteiger partial charge is 0.250 e. The summed E-state index contributed by atoms with van der Waals surface area (Å²) in [5.41, 5.74) is 7.76. The van der Waals surface area contributed by atoms with E-state index in [1.54, 1.807) is 10.6 Å². The maximum atomic E-state index is 5.82. The monoisotopic (exact) mass is 264 g/mol. The Morgan fingerprint density at radius 1 is 1.33 bits per heavy atom. The number of pyridine rings is 1. The zero-order chi connectivity index (χ0) is 11.2. The second-order valence-corrected chi connectivity index (χ2v) is 5.41. The highest BCUT2D eigenvalue weighted by molar-refractivity contribution is 6.66. The lowest BCUT2D eigenvalue weighted by Crippen LogP contribution is -2.07. The standard InChI is InChI=1S/C8H7Cl3N4/c1-4-2-3-15-6(5(4)12)13-14-7(15)8(9,10)11/h2-3H,12H2,1H3. The molecule has 2 aromatic rings. The number of hydrogen-bond donors (Lipinski definition) is 1. The quantitative estimate of drug-likeness (QED) is 0.744. The molecule has 0 saturated heterocycles. The van der Waals surface area contributed by atoms with E-state index in [2.05, 4.69) is 10.2 Å². The minimum atomic E-state index is -1.61. The Kier molecular flexibility index (Phi) is 2.45. The first-order chi connectivity index (χ1) is 6.91. The minimum Gasteiger partial charge on any atom is -0.395 e. The first-order valence-electron chi connectivity index (χ1n) is 4.08. The molecule has 0 bridgehead atoms. The molecule has 0 aliphatic heterocycles. The second kappa shape index (κ2) is 3.40. The number of aromatic nitrogens is 3. The topological polar surface area (TPSA) is 56.2 Å². The van der Waals surface area contributed by atoms with Gasteiger partial charge in [0, 0.05) is 6.20 Å². The van der Waals surface area contributed by atoms with Gasteiger partial charge in [0.1, 0.15) is 0 Å². The largest absolute Gasteiger partial charge is 0.395 e. The fourth-order valence-corrected chi connectivity index (χ4v) is 1.65. The molecule has 4 nitrogen and oxygen atoms in total. The van der Waals surface area contributed by atoms with Gasteiger partial charge in [0.05, 0.1) is 5.69 Å². The fourth-order valence-electron chi connectivity index (χ4n) is 1.26. The van der Waals surface area contributed by atoms with Crippen molar-refractivity contribution >= 4 is 46.1 Å². The van der Waals surface area contributed by atoms with Crippen molar-refractivity contribution in [1.29, 1.82) is 0 Å². The summed E-state index contributed by atoms with van der Waals surface area (Å²) in [5.74, 6) is 0.231. The van der Waals surface area contributed by atoms with Crippen molar-refractivity contribution in [2.24, 2.45) is 0 Å². The lowest BCUT2D eigenvalue weighted by Gasteiger charge is -2.08. The minimum absolute atomic E-state index is 0.231. The molecule has 15 heavy (non-hydrogen) atoms. The third-order valence-corrected chi connectivity index (χ3v) is 2.60. The van der Waals surface area contributed by atoms with Gasteiger partial charge >= 0.3 is 0 Å². The van der Waals surface area contributed by atoms with Crippen LogP contribution in [-0.2, 0) is 3.79 Å². The number of fused-ring (bicyclic) bond motifs is 1. The van der Waals surface area contributed by atoms with Crippen molar-refractivity contribution in [3.05, 3.63) is 23.7 Å². The molecule has 7 heteroatoms. The van der Waals surface area contributed by atoms with Crippen LogP contribution < -0.4 is 5.73 Å². The molecule has 2 N–H and O–H groups in total. The normalized spacial score (nSPS) is 12.3. The molecule has 0 spiro atoms. The molecule has 0 aromatic carbocycles. The molecule has 0 atom stereocenters. The van der Waals surface area contributed by atoms with Gasteiger partial charge in [-0.2, -0.15) is 0 Å². The lowest BCUT2D eigenvalue weighted by atomic mass is 10.2. The number of alkyl halides is 3. The number of nitrogen functional groups attached to an aromatic ring is 1. The number of nitrogens with two attached hydrogens (primary N) is 1. The molecule has 0 fully saturated rings. The Bertz CT molecular complexity index is 514. The van der Waals surface area contributed by atoms with Crippen molar-refractivity contribution in [1.82, 2.24) is 14.6 Å². The molecule has 2 heterocycles. The van der Waals surface area contributed by atoms with Gasteiger partial charge in [-0.3, -0.25) is 4.40 Å². The van der Waals surface area contributed by atoms with Gasteiger partial charge in [-0.15, -0.1) is 10.2 Å². The van der Waals surface area contributed by atoms with Gasteiger partial charge in [0.2, 0.25) is 0 Å². The highest BCUT2D eigenvalue weighted by atomic mass is 35.6. The molecule has 2 aromatic heterocycles. The van der Waals surface area contributed by atoms with Crippen LogP contribution in [0, 0.1) is 6.92 Å².